The molecule has 0 spiro atoms. The molecular weight excluding hydrogens is 306 g/mol. The van der Waals surface area contributed by atoms with E-state index in [-0.39, 0.29) is 12.1 Å². The van der Waals surface area contributed by atoms with Gasteiger partial charge in [0.2, 0.25) is 0 Å². The van der Waals surface area contributed by atoms with E-state index in [2.05, 4.69) is 35.0 Å². The number of ether oxygens (including phenoxy) is 2. The summed E-state index contributed by atoms with van der Waals surface area (Å²) < 4.78 is 12.3. The van der Waals surface area contributed by atoms with Crippen molar-refractivity contribution in [3.05, 3.63) is 28.2 Å². The molecule has 1 saturated heterocycles. The van der Waals surface area contributed by atoms with Crippen LogP contribution in [-0.2, 0) is 11.2 Å². The van der Waals surface area contributed by atoms with Gasteiger partial charge in [-0.1, -0.05) is 13.0 Å². The maximum atomic E-state index is 5.97. The highest BCUT2D eigenvalue weighted by molar-refractivity contribution is 9.10. The van der Waals surface area contributed by atoms with Gasteiger partial charge in [0, 0.05) is 12.6 Å². The molecule has 2 atom stereocenters. The summed E-state index contributed by atoms with van der Waals surface area (Å²) in [6, 6.07) is 6.42. The van der Waals surface area contributed by atoms with Crippen molar-refractivity contribution in [3.63, 3.8) is 0 Å². The van der Waals surface area contributed by atoms with Crippen LogP contribution in [0.25, 0.3) is 0 Å². The lowest BCUT2D eigenvalue weighted by atomic mass is 10.0. The monoisotopic (exact) mass is 327 g/mol. The van der Waals surface area contributed by atoms with Crippen LogP contribution in [0.3, 0.4) is 0 Å². The molecule has 1 fully saturated rings. The Kier molecular flexibility index (Phi) is 5.67. The lowest BCUT2D eigenvalue weighted by molar-refractivity contribution is 0.0677. The van der Waals surface area contributed by atoms with Gasteiger partial charge in [0.05, 0.1) is 10.6 Å². The number of halogens is 1. The van der Waals surface area contributed by atoms with Gasteiger partial charge in [-0.2, -0.15) is 0 Å². The summed E-state index contributed by atoms with van der Waals surface area (Å²) in [5.74, 6) is 0.879. The Hall–Kier alpha value is -0.580. The zero-order valence-electron chi connectivity index (χ0n) is 11.4. The average Bonchev–Trinajstić information content (AvgIpc) is 2.91. The molecule has 0 bridgehead atoms. The summed E-state index contributed by atoms with van der Waals surface area (Å²) in [5, 5.41) is 0. The Morgan fingerprint density at radius 2 is 2.37 bits per heavy atom. The molecule has 1 heterocycles. The molecule has 2 N–H and O–H groups in total. The van der Waals surface area contributed by atoms with Gasteiger partial charge in [0.25, 0.3) is 0 Å². The minimum atomic E-state index is 0.227. The van der Waals surface area contributed by atoms with Crippen LogP contribution in [0, 0.1) is 0 Å². The second-order valence-electron chi connectivity index (χ2n) is 5.08. The first kappa shape index (κ1) is 14.8. The van der Waals surface area contributed by atoms with Gasteiger partial charge in [-0.25, -0.2) is 0 Å². The van der Waals surface area contributed by atoms with Gasteiger partial charge >= 0.3 is 0 Å². The molecule has 3 nitrogen and oxygen atoms in total. The highest BCUT2D eigenvalue weighted by Crippen LogP contribution is 2.27. The summed E-state index contributed by atoms with van der Waals surface area (Å²) in [5.41, 5.74) is 7.21. The molecule has 2 unspecified atom stereocenters. The Bertz CT molecular complexity index is 405. The molecule has 19 heavy (non-hydrogen) atoms. The molecule has 1 aliphatic heterocycles. The summed E-state index contributed by atoms with van der Waals surface area (Å²) in [6.45, 7) is 3.61. The molecule has 2 rings (SSSR count). The molecule has 1 aliphatic rings. The van der Waals surface area contributed by atoms with Crippen molar-refractivity contribution in [1.29, 1.82) is 0 Å². The van der Waals surface area contributed by atoms with Gasteiger partial charge in [-0.3, -0.25) is 0 Å². The van der Waals surface area contributed by atoms with Gasteiger partial charge in [-0.15, -0.1) is 0 Å². The van der Waals surface area contributed by atoms with Crippen molar-refractivity contribution in [2.75, 3.05) is 13.2 Å². The van der Waals surface area contributed by atoms with Crippen molar-refractivity contribution in [1.82, 2.24) is 0 Å². The fourth-order valence-electron chi connectivity index (χ4n) is 2.19. The lowest BCUT2D eigenvalue weighted by Gasteiger charge is -2.14. The van der Waals surface area contributed by atoms with Crippen LogP contribution in [0.2, 0.25) is 0 Å². The summed E-state index contributed by atoms with van der Waals surface area (Å²) in [6.07, 6.45) is 4.39. The third-order valence-electron chi connectivity index (χ3n) is 3.47. The van der Waals surface area contributed by atoms with Crippen LogP contribution in [0.1, 0.15) is 31.7 Å². The topological polar surface area (TPSA) is 44.5 Å². The fourth-order valence-corrected chi connectivity index (χ4v) is 2.73. The summed E-state index contributed by atoms with van der Waals surface area (Å²) in [4.78, 5) is 0. The van der Waals surface area contributed by atoms with E-state index in [1.807, 2.05) is 6.07 Å². The maximum Gasteiger partial charge on any atom is 0.133 e. The first-order valence-corrected chi connectivity index (χ1v) is 7.76. The second kappa shape index (κ2) is 7.27. The van der Waals surface area contributed by atoms with Crippen LogP contribution in [0.5, 0.6) is 5.75 Å². The number of hydrogen-bond acceptors (Lipinski definition) is 3. The van der Waals surface area contributed by atoms with E-state index in [0.717, 1.165) is 42.5 Å². The van der Waals surface area contributed by atoms with Crippen molar-refractivity contribution in [2.24, 2.45) is 5.73 Å². The normalized spacial score (nSPS) is 20.5. The molecule has 1 aromatic carbocycles. The Morgan fingerprint density at radius 3 is 3.00 bits per heavy atom. The molecular formula is C15H22BrNO2. The number of rotatable bonds is 6. The van der Waals surface area contributed by atoms with Crippen LogP contribution in [-0.4, -0.2) is 25.4 Å². The van der Waals surface area contributed by atoms with Crippen molar-refractivity contribution in [2.45, 2.75) is 44.8 Å². The first-order valence-electron chi connectivity index (χ1n) is 6.97. The predicted octanol–water partition coefficient (Wildman–Crippen LogP) is 3.29. The van der Waals surface area contributed by atoms with Crippen molar-refractivity contribution >= 4 is 15.9 Å². The standard InChI is InChI=1S/C15H22BrNO2/c1-2-12(17)8-11-5-6-15(14(16)9-11)19-10-13-4-3-7-18-13/h5-6,9,12-13H,2-4,7-8,10,17H2,1H3. The third-order valence-corrected chi connectivity index (χ3v) is 4.09. The Balaban J connectivity index is 1.90. The number of benzene rings is 1. The van der Waals surface area contributed by atoms with E-state index in [0.29, 0.717) is 6.61 Å². The zero-order valence-corrected chi connectivity index (χ0v) is 13.0. The van der Waals surface area contributed by atoms with Crippen LogP contribution >= 0.6 is 15.9 Å². The average molecular weight is 328 g/mol. The molecule has 0 saturated carbocycles. The van der Waals surface area contributed by atoms with Crippen LogP contribution in [0.4, 0.5) is 0 Å². The van der Waals surface area contributed by atoms with Crippen molar-refractivity contribution < 1.29 is 9.47 Å². The molecule has 0 radical (unpaired) electrons. The van der Waals surface area contributed by atoms with E-state index >= 15 is 0 Å². The zero-order chi connectivity index (χ0) is 13.7. The quantitative estimate of drug-likeness (QED) is 0.871. The molecule has 0 aromatic heterocycles. The van der Waals surface area contributed by atoms with Gasteiger partial charge < -0.3 is 15.2 Å². The van der Waals surface area contributed by atoms with E-state index in [1.54, 1.807) is 0 Å². The first-order chi connectivity index (χ1) is 9.19. The van der Waals surface area contributed by atoms with Gasteiger partial charge in [0.1, 0.15) is 12.4 Å². The van der Waals surface area contributed by atoms with E-state index in [9.17, 15) is 0 Å². The highest BCUT2D eigenvalue weighted by atomic mass is 79.9. The van der Waals surface area contributed by atoms with Gasteiger partial charge in [0.15, 0.2) is 0 Å². The molecule has 1 aromatic rings. The highest BCUT2D eigenvalue weighted by Gasteiger charge is 2.16. The molecule has 106 valence electrons. The SMILES string of the molecule is CCC(N)Cc1ccc(OCC2CCCO2)c(Br)c1. The lowest BCUT2D eigenvalue weighted by Crippen LogP contribution is -2.21. The van der Waals surface area contributed by atoms with E-state index < -0.39 is 0 Å². The summed E-state index contributed by atoms with van der Waals surface area (Å²) >= 11 is 3.56. The van der Waals surface area contributed by atoms with Crippen molar-refractivity contribution in [3.8, 4) is 5.75 Å². The minimum absolute atomic E-state index is 0.227. The smallest absolute Gasteiger partial charge is 0.133 e. The largest absolute Gasteiger partial charge is 0.490 e. The van der Waals surface area contributed by atoms with E-state index in [4.69, 9.17) is 15.2 Å². The number of nitrogens with two attached hydrogens (primary N) is 1. The Morgan fingerprint density at radius 1 is 1.53 bits per heavy atom. The fraction of sp³-hybridized carbons (Fsp3) is 0.600. The summed E-state index contributed by atoms with van der Waals surface area (Å²) in [7, 11) is 0. The minimum Gasteiger partial charge on any atom is -0.490 e. The molecule has 0 aliphatic carbocycles. The van der Waals surface area contributed by atoms with Crippen LogP contribution < -0.4 is 10.5 Å². The molecule has 0 amide bonds. The predicted molar refractivity (Wildman–Crippen MR) is 80.6 cm³/mol. The molecule has 4 heteroatoms. The van der Waals surface area contributed by atoms with Crippen LogP contribution in [0.15, 0.2) is 22.7 Å². The van der Waals surface area contributed by atoms with E-state index in [1.165, 1.54) is 5.56 Å². The van der Waals surface area contributed by atoms with Gasteiger partial charge in [-0.05, 0) is 59.3 Å². The second-order valence-corrected chi connectivity index (χ2v) is 5.94. The Labute approximate surface area is 123 Å². The third kappa shape index (κ3) is 4.48. The number of hydrogen-bond donors (Lipinski definition) is 1. The maximum absolute atomic E-state index is 5.97.